The number of carbonyl (C=O) groups is 1. The summed E-state index contributed by atoms with van der Waals surface area (Å²) in [5, 5.41) is 2.96. The van der Waals surface area contributed by atoms with Crippen LogP contribution in [-0.4, -0.2) is 55.9 Å². The maximum Gasteiger partial charge on any atom is 0.282 e. The van der Waals surface area contributed by atoms with Crippen molar-refractivity contribution in [3.8, 4) is 0 Å². The molecule has 1 aromatic carbocycles. The molecule has 2 aromatic rings. The maximum atomic E-state index is 12.7. The number of carbonyl (C=O) groups excluding carboxylic acids is 1. The molecule has 1 atom stereocenters. The van der Waals surface area contributed by atoms with Crippen molar-refractivity contribution < 1.29 is 14.3 Å². The van der Waals surface area contributed by atoms with Crippen LogP contribution in [0.1, 0.15) is 27.9 Å². The third kappa shape index (κ3) is 4.88. The Hall–Kier alpha value is -3.13. The number of aryl methyl sites for hydroxylation is 2. The number of rotatable bonds is 6. The summed E-state index contributed by atoms with van der Waals surface area (Å²) >= 11 is 0. The highest BCUT2D eigenvalue weighted by Crippen LogP contribution is 2.19. The van der Waals surface area contributed by atoms with Crippen molar-refractivity contribution in [3.63, 3.8) is 0 Å². The predicted octanol–water partition coefficient (Wildman–Crippen LogP) is 2.13. The molecular formula is C22H27N5O3. The van der Waals surface area contributed by atoms with Gasteiger partial charge in [-0.2, -0.15) is 0 Å². The van der Waals surface area contributed by atoms with Gasteiger partial charge in [0.2, 0.25) is 0 Å². The third-order valence-corrected chi connectivity index (χ3v) is 5.39. The van der Waals surface area contributed by atoms with Crippen LogP contribution in [0, 0.1) is 6.92 Å². The molecule has 158 valence electrons. The van der Waals surface area contributed by atoms with E-state index in [2.05, 4.69) is 20.2 Å². The Labute approximate surface area is 176 Å². The highest BCUT2D eigenvalue weighted by Gasteiger charge is 2.17. The zero-order chi connectivity index (χ0) is 20.9. The van der Waals surface area contributed by atoms with Crippen molar-refractivity contribution in [2.75, 3.05) is 43.1 Å². The largest absolute Gasteiger partial charge is 0.463 e. The molecule has 0 saturated carbocycles. The number of ether oxygens (including phenoxy) is 2. The van der Waals surface area contributed by atoms with E-state index in [1.165, 1.54) is 5.56 Å². The molecule has 2 aliphatic heterocycles. The molecule has 2 aliphatic rings. The average molecular weight is 409 g/mol. The van der Waals surface area contributed by atoms with Crippen molar-refractivity contribution in [1.29, 1.82) is 0 Å². The number of nitrogens with zero attached hydrogens (tertiary/aromatic N) is 3. The number of amides is 1. The number of aliphatic imine (C=N–C) groups is 1. The first-order valence-corrected chi connectivity index (χ1v) is 10.2. The summed E-state index contributed by atoms with van der Waals surface area (Å²) in [5.41, 5.74) is 8.96. The minimum absolute atomic E-state index is 0.125. The second kappa shape index (κ2) is 9.13. The molecule has 1 amide bonds. The number of amidine groups is 1. The van der Waals surface area contributed by atoms with E-state index >= 15 is 0 Å². The molecule has 1 aromatic heterocycles. The Balaban J connectivity index is 1.34. The van der Waals surface area contributed by atoms with Crippen molar-refractivity contribution in [2.45, 2.75) is 25.8 Å². The number of pyridine rings is 1. The van der Waals surface area contributed by atoms with E-state index in [0.29, 0.717) is 25.4 Å². The smallest absolute Gasteiger partial charge is 0.282 e. The monoisotopic (exact) mass is 409 g/mol. The van der Waals surface area contributed by atoms with Gasteiger partial charge in [-0.1, -0.05) is 12.1 Å². The third-order valence-electron chi connectivity index (χ3n) is 5.39. The molecular weight excluding hydrogens is 382 g/mol. The van der Waals surface area contributed by atoms with E-state index < -0.39 is 0 Å². The Morgan fingerprint density at radius 1 is 1.27 bits per heavy atom. The lowest BCUT2D eigenvalue weighted by molar-refractivity contribution is 0.102. The van der Waals surface area contributed by atoms with Crippen LogP contribution in [0.3, 0.4) is 0 Å². The lowest BCUT2D eigenvalue weighted by atomic mass is 10.1. The normalized spacial score (nSPS) is 18.6. The standard InChI is InChI=1S/C22H27N5O3/c1-15-12-20(27-8-10-29-11-9-27)24-13-19(15)21(28)25-17-5-2-16(3-6-17)4-7-18-14-30-22(23)26-18/h2-3,5-6,12-13,18H,4,7-11,14H2,1H3,(H2,23,26)(H,25,28). The SMILES string of the molecule is Cc1cc(N2CCOCC2)ncc1C(=O)Nc1ccc(CCC2COC(N)=N2)cc1. The summed E-state index contributed by atoms with van der Waals surface area (Å²) in [6, 6.07) is 10.2. The van der Waals surface area contributed by atoms with Gasteiger partial charge < -0.3 is 25.4 Å². The molecule has 1 unspecified atom stereocenters. The summed E-state index contributed by atoms with van der Waals surface area (Å²) in [4.78, 5) is 23.6. The van der Waals surface area contributed by atoms with Gasteiger partial charge in [-0.15, -0.1) is 0 Å². The molecule has 8 nitrogen and oxygen atoms in total. The molecule has 1 saturated heterocycles. The van der Waals surface area contributed by atoms with E-state index in [0.717, 1.165) is 43.0 Å². The van der Waals surface area contributed by atoms with Crippen LogP contribution in [0.2, 0.25) is 0 Å². The zero-order valence-corrected chi connectivity index (χ0v) is 17.1. The molecule has 8 heteroatoms. The quantitative estimate of drug-likeness (QED) is 0.758. The molecule has 3 N–H and O–H groups in total. The topological polar surface area (TPSA) is 102 Å². The van der Waals surface area contributed by atoms with Gasteiger partial charge in [0.05, 0.1) is 24.8 Å². The number of morpholine rings is 1. The summed E-state index contributed by atoms with van der Waals surface area (Å²) in [6.07, 6.45) is 3.41. The van der Waals surface area contributed by atoms with E-state index in [4.69, 9.17) is 15.2 Å². The Morgan fingerprint density at radius 3 is 2.70 bits per heavy atom. The molecule has 30 heavy (non-hydrogen) atoms. The minimum atomic E-state index is -0.158. The van der Waals surface area contributed by atoms with Crippen LogP contribution in [0.15, 0.2) is 41.5 Å². The van der Waals surface area contributed by atoms with Gasteiger partial charge in [0.1, 0.15) is 12.4 Å². The molecule has 1 fully saturated rings. The van der Waals surface area contributed by atoms with Crippen LogP contribution in [0.5, 0.6) is 0 Å². The maximum absolute atomic E-state index is 12.7. The van der Waals surface area contributed by atoms with Crippen LogP contribution in [0.25, 0.3) is 0 Å². The first kappa shape index (κ1) is 20.2. The van der Waals surface area contributed by atoms with E-state index in [9.17, 15) is 4.79 Å². The van der Waals surface area contributed by atoms with Gasteiger partial charge in [0, 0.05) is 25.0 Å². The number of hydrogen-bond acceptors (Lipinski definition) is 7. The van der Waals surface area contributed by atoms with Gasteiger partial charge >= 0.3 is 0 Å². The fourth-order valence-corrected chi connectivity index (χ4v) is 3.61. The second-order valence-corrected chi connectivity index (χ2v) is 7.58. The van der Waals surface area contributed by atoms with E-state index in [1.54, 1.807) is 6.20 Å². The number of hydrogen-bond donors (Lipinski definition) is 2. The molecule has 0 bridgehead atoms. The van der Waals surface area contributed by atoms with Crippen molar-refractivity contribution >= 4 is 23.4 Å². The number of aromatic nitrogens is 1. The average Bonchev–Trinajstić information content (AvgIpc) is 3.19. The fraction of sp³-hybridized carbons (Fsp3) is 0.409. The molecule has 4 rings (SSSR count). The summed E-state index contributed by atoms with van der Waals surface area (Å²) in [6.45, 7) is 5.53. The van der Waals surface area contributed by atoms with Gasteiger partial charge in [0.15, 0.2) is 0 Å². The number of nitrogens with two attached hydrogens (primary N) is 1. The fourth-order valence-electron chi connectivity index (χ4n) is 3.61. The molecule has 0 aliphatic carbocycles. The van der Waals surface area contributed by atoms with Crippen molar-refractivity contribution in [3.05, 3.63) is 53.2 Å². The number of benzene rings is 1. The lowest BCUT2D eigenvalue weighted by Crippen LogP contribution is -2.36. The first-order valence-electron chi connectivity index (χ1n) is 10.2. The van der Waals surface area contributed by atoms with Crippen LogP contribution in [-0.2, 0) is 15.9 Å². The van der Waals surface area contributed by atoms with Crippen molar-refractivity contribution in [1.82, 2.24) is 4.98 Å². The highest BCUT2D eigenvalue weighted by molar-refractivity contribution is 6.05. The first-order chi connectivity index (χ1) is 14.6. The van der Waals surface area contributed by atoms with Gasteiger partial charge in [-0.05, 0) is 49.1 Å². The summed E-state index contributed by atoms with van der Waals surface area (Å²) < 4.78 is 10.6. The Bertz CT molecular complexity index is 923. The van der Waals surface area contributed by atoms with Gasteiger partial charge in [-0.3, -0.25) is 4.79 Å². The summed E-state index contributed by atoms with van der Waals surface area (Å²) in [5.74, 6) is 0.727. The second-order valence-electron chi connectivity index (χ2n) is 7.58. The van der Waals surface area contributed by atoms with E-state index in [1.807, 2.05) is 37.3 Å². The highest BCUT2D eigenvalue weighted by atomic mass is 16.5. The number of anilines is 2. The van der Waals surface area contributed by atoms with Crippen LogP contribution < -0.4 is 16.0 Å². The Morgan fingerprint density at radius 2 is 2.03 bits per heavy atom. The molecule has 3 heterocycles. The van der Waals surface area contributed by atoms with Crippen LogP contribution >= 0.6 is 0 Å². The van der Waals surface area contributed by atoms with Gasteiger partial charge in [-0.25, -0.2) is 9.98 Å². The lowest BCUT2D eigenvalue weighted by Gasteiger charge is -2.28. The molecule has 0 spiro atoms. The van der Waals surface area contributed by atoms with Crippen LogP contribution in [0.4, 0.5) is 11.5 Å². The van der Waals surface area contributed by atoms with Crippen molar-refractivity contribution in [2.24, 2.45) is 10.7 Å². The Kier molecular flexibility index (Phi) is 6.13. The molecule has 0 radical (unpaired) electrons. The van der Waals surface area contributed by atoms with E-state index in [-0.39, 0.29) is 18.0 Å². The predicted molar refractivity (Wildman–Crippen MR) is 116 cm³/mol. The number of nitrogens with one attached hydrogen (secondary N) is 1. The minimum Gasteiger partial charge on any atom is -0.463 e. The van der Waals surface area contributed by atoms with Gasteiger partial charge in [0.25, 0.3) is 11.9 Å². The summed E-state index contributed by atoms with van der Waals surface area (Å²) in [7, 11) is 0. The zero-order valence-electron chi connectivity index (χ0n) is 17.1.